The van der Waals surface area contributed by atoms with Gasteiger partial charge >= 0.3 is 5.97 Å². The molecular weight excluding hydrogens is 278 g/mol. The average Bonchev–Trinajstić information content (AvgIpc) is 2.46. The number of carboxylic acids is 1. The minimum Gasteiger partial charge on any atom is -0.478 e. The molecule has 2 rings (SSSR count). The van der Waals surface area contributed by atoms with E-state index in [4.69, 9.17) is 5.11 Å². The molecule has 0 radical (unpaired) electrons. The molecule has 6 nitrogen and oxygen atoms in total. The van der Waals surface area contributed by atoms with Crippen molar-refractivity contribution in [2.75, 3.05) is 11.1 Å². The number of rotatable bonds is 5. The van der Waals surface area contributed by atoms with Crippen LogP contribution in [-0.4, -0.2) is 32.7 Å². The van der Waals surface area contributed by atoms with Gasteiger partial charge in [0.15, 0.2) is 0 Å². The van der Waals surface area contributed by atoms with Crippen LogP contribution in [0.15, 0.2) is 47.6 Å². The number of carboxylic acid groups (broad SMARTS) is 1. The zero-order chi connectivity index (χ0) is 14.4. The predicted octanol–water partition coefficient (Wildman–Crippen LogP) is 1.91. The number of anilines is 1. The van der Waals surface area contributed by atoms with Crippen LogP contribution in [-0.2, 0) is 4.79 Å². The fourth-order valence-electron chi connectivity index (χ4n) is 1.37. The van der Waals surface area contributed by atoms with Crippen LogP contribution in [0.3, 0.4) is 0 Å². The number of aromatic carboxylic acids is 1. The molecule has 0 aliphatic rings. The first kappa shape index (κ1) is 14.0. The molecule has 2 aromatic rings. The number of nitrogens with zero attached hydrogens (tertiary/aromatic N) is 2. The molecule has 0 atom stereocenters. The fourth-order valence-corrected chi connectivity index (χ4v) is 2.07. The first-order valence-electron chi connectivity index (χ1n) is 5.68. The van der Waals surface area contributed by atoms with Crippen molar-refractivity contribution in [3.8, 4) is 0 Å². The zero-order valence-electron chi connectivity index (χ0n) is 10.3. The average molecular weight is 289 g/mol. The van der Waals surface area contributed by atoms with Crippen molar-refractivity contribution in [3.63, 3.8) is 0 Å². The van der Waals surface area contributed by atoms with Gasteiger partial charge in [-0.3, -0.25) is 10.1 Å². The van der Waals surface area contributed by atoms with Crippen molar-refractivity contribution >= 4 is 29.6 Å². The van der Waals surface area contributed by atoms with Crippen LogP contribution in [0.4, 0.5) is 5.95 Å². The number of nitrogens with one attached hydrogen (secondary N) is 1. The van der Waals surface area contributed by atoms with Crippen molar-refractivity contribution in [1.82, 2.24) is 9.97 Å². The van der Waals surface area contributed by atoms with Crippen LogP contribution in [0, 0.1) is 0 Å². The van der Waals surface area contributed by atoms with Gasteiger partial charge in [-0.2, -0.15) is 0 Å². The Morgan fingerprint density at radius 1 is 1.15 bits per heavy atom. The highest BCUT2D eigenvalue weighted by Gasteiger charge is 2.06. The van der Waals surface area contributed by atoms with Gasteiger partial charge in [-0.1, -0.05) is 0 Å². The summed E-state index contributed by atoms with van der Waals surface area (Å²) in [6.07, 6.45) is 3.08. The Labute approximate surface area is 119 Å². The molecule has 0 unspecified atom stereocenters. The molecule has 0 saturated carbocycles. The van der Waals surface area contributed by atoms with Crippen LogP contribution in [0.5, 0.6) is 0 Å². The molecule has 0 bridgehead atoms. The molecule has 0 saturated heterocycles. The third-order valence-corrected chi connectivity index (χ3v) is 3.30. The summed E-state index contributed by atoms with van der Waals surface area (Å²) in [7, 11) is 0. The number of carbonyl (C=O) groups excluding carboxylic acids is 1. The Balaban J connectivity index is 1.85. The van der Waals surface area contributed by atoms with Crippen LogP contribution < -0.4 is 5.32 Å². The smallest absolute Gasteiger partial charge is 0.335 e. The van der Waals surface area contributed by atoms with E-state index >= 15 is 0 Å². The molecule has 20 heavy (non-hydrogen) atoms. The van der Waals surface area contributed by atoms with Crippen LogP contribution in [0.25, 0.3) is 0 Å². The lowest BCUT2D eigenvalue weighted by Gasteiger charge is -2.03. The third kappa shape index (κ3) is 4.06. The summed E-state index contributed by atoms with van der Waals surface area (Å²) in [5.74, 6) is -0.728. The highest BCUT2D eigenvalue weighted by molar-refractivity contribution is 8.00. The molecule has 7 heteroatoms. The standard InChI is InChI=1S/C13H11N3O3S/c17-11(16-13-14-6-1-7-15-13)8-20-10-4-2-9(3-5-10)12(18)19/h1-7H,8H2,(H,18,19)(H,14,15,16,17). The first-order valence-corrected chi connectivity index (χ1v) is 6.67. The van der Waals surface area contributed by atoms with Gasteiger partial charge in [0.05, 0.1) is 11.3 Å². The zero-order valence-corrected chi connectivity index (χ0v) is 11.1. The SMILES string of the molecule is O=C(CSc1ccc(C(=O)O)cc1)Nc1ncccn1. The maximum Gasteiger partial charge on any atom is 0.335 e. The lowest BCUT2D eigenvalue weighted by Crippen LogP contribution is -2.15. The lowest BCUT2D eigenvalue weighted by molar-refractivity contribution is -0.113. The van der Waals surface area contributed by atoms with Gasteiger partial charge in [0.25, 0.3) is 0 Å². The molecule has 1 aromatic carbocycles. The number of carbonyl (C=O) groups is 2. The maximum absolute atomic E-state index is 11.7. The summed E-state index contributed by atoms with van der Waals surface area (Å²) in [5, 5.41) is 11.3. The van der Waals surface area contributed by atoms with Gasteiger partial charge in [-0.05, 0) is 30.3 Å². The largest absolute Gasteiger partial charge is 0.478 e. The molecule has 1 aromatic heterocycles. The Hall–Kier alpha value is -2.41. The third-order valence-electron chi connectivity index (χ3n) is 2.29. The summed E-state index contributed by atoms with van der Waals surface area (Å²) >= 11 is 1.31. The minimum absolute atomic E-state index is 0.199. The van der Waals surface area contributed by atoms with Crippen LogP contribution in [0.1, 0.15) is 10.4 Å². The van der Waals surface area contributed by atoms with Crippen molar-refractivity contribution < 1.29 is 14.7 Å². The molecule has 1 amide bonds. The van der Waals surface area contributed by atoms with Crippen LogP contribution >= 0.6 is 11.8 Å². The van der Waals surface area contributed by atoms with Gasteiger partial charge in [-0.25, -0.2) is 14.8 Å². The van der Waals surface area contributed by atoms with Crippen molar-refractivity contribution in [2.24, 2.45) is 0 Å². The number of hydrogen-bond acceptors (Lipinski definition) is 5. The number of amides is 1. The Morgan fingerprint density at radius 3 is 2.40 bits per heavy atom. The molecule has 0 spiro atoms. The topological polar surface area (TPSA) is 92.2 Å². The van der Waals surface area contributed by atoms with Gasteiger partial charge in [0, 0.05) is 17.3 Å². The Kier molecular flexibility index (Phi) is 4.67. The van der Waals surface area contributed by atoms with Gasteiger partial charge < -0.3 is 5.11 Å². The van der Waals surface area contributed by atoms with E-state index in [9.17, 15) is 9.59 Å². The van der Waals surface area contributed by atoms with Crippen molar-refractivity contribution in [1.29, 1.82) is 0 Å². The van der Waals surface area contributed by atoms with Gasteiger partial charge in [0.1, 0.15) is 0 Å². The van der Waals surface area contributed by atoms with Gasteiger partial charge in [-0.15, -0.1) is 11.8 Å². The van der Waals surface area contributed by atoms with Crippen molar-refractivity contribution in [2.45, 2.75) is 4.90 Å². The Bertz CT molecular complexity index is 602. The van der Waals surface area contributed by atoms with Gasteiger partial charge in [0.2, 0.25) is 11.9 Å². The van der Waals surface area contributed by atoms with E-state index in [1.807, 2.05) is 0 Å². The van der Waals surface area contributed by atoms with E-state index in [0.717, 1.165) is 4.90 Å². The molecule has 0 aliphatic carbocycles. The summed E-state index contributed by atoms with van der Waals surface area (Å²) < 4.78 is 0. The highest BCUT2D eigenvalue weighted by Crippen LogP contribution is 2.18. The predicted molar refractivity (Wildman–Crippen MR) is 74.8 cm³/mol. The second-order valence-electron chi connectivity index (χ2n) is 3.74. The van der Waals surface area contributed by atoms with E-state index in [0.29, 0.717) is 0 Å². The van der Waals surface area contributed by atoms with E-state index in [2.05, 4.69) is 15.3 Å². The number of hydrogen-bond donors (Lipinski definition) is 2. The monoisotopic (exact) mass is 289 g/mol. The number of benzene rings is 1. The second kappa shape index (κ2) is 6.67. The second-order valence-corrected chi connectivity index (χ2v) is 4.79. The van der Waals surface area contributed by atoms with E-state index in [1.54, 1.807) is 30.6 Å². The van der Waals surface area contributed by atoms with E-state index < -0.39 is 5.97 Å². The molecule has 0 aliphatic heterocycles. The molecular formula is C13H11N3O3S. The highest BCUT2D eigenvalue weighted by atomic mass is 32.2. The lowest BCUT2D eigenvalue weighted by atomic mass is 10.2. The maximum atomic E-state index is 11.7. The molecule has 1 heterocycles. The molecule has 102 valence electrons. The van der Waals surface area contributed by atoms with E-state index in [1.165, 1.54) is 23.9 Å². The molecule has 0 fully saturated rings. The van der Waals surface area contributed by atoms with E-state index in [-0.39, 0.29) is 23.2 Å². The summed E-state index contributed by atoms with van der Waals surface area (Å²) in [6, 6.07) is 8.00. The first-order chi connectivity index (χ1) is 9.65. The molecule has 2 N–H and O–H groups in total. The summed E-state index contributed by atoms with van der Waals surface area (Å²) in [6.45, 7) is 0. The number of thioether (sulfide) groups is 1. The fraction of sp³-hybridized carbons (Fsp3) is 0.0769. The van der Waals surface area contributed by atoms with Crippen LogP contribution in [0.2, 0.25) is 0 Å². The Morgan fingerprint density at radius 2 is 1.80 bits per heavy atom. The van der Waals surface area contributed by atoms with Crippen molar-refractivity contribution in [3.05, 3.63) is 48.3 Å². The summed E-state index contributed by atoms with van der Waals surface area (Å²) in [5.41, 5.74) is 0.219. The minimum atomic E-state index is -0.972. The quantitative estimate of drug-likeness (QED) is 0.817. The normalized spacial score (nSPS) is 10.0. The number of aromatic nitrogens is 2. The summed E-state index contributed by atoms with van der Waals surface area (Å²) in [4.78, 5) is 30.9.